The lowest BCUT2D eigenvalue weighted by Crippen LogP contribution is -2.29. The van der Waals surface area contributed by atoms with E-state index in [0.717, 1.165) is 35.7 Å². The van der Waals surface area contributed by atoms with Gasteiger partial charge in [0.05, 0.1) is 6.42 Å². The van der Waals surface area contributed by atoms with E-state index < -0.39 is 0 Å². The normalized spacial score (nSPS) is 18.0. The first kappa shape index (κ1) is 14.1. The summed E-state index contributed by atoms with van der Waals surface area (Å²) in [7, 11) is 0. The van der Waals surface area contributed by atoms with Crippen LogP contribution in [0.25, 0.3) is 0 Å². The minimum absolute atomic E-state index is 0.164. The van der Waals surface area contributed by atoms with Crippen molar-refractivity contribution in [2.24, 2.45) is 0 Å². The summed E-state index contributed by atoms with van der Waals surface area (Å²) in [5.41, 5.74) is 2.11. The minimum atomic E-state index is 0.164. The van der Waals surface area contributed by atoms with Gasteiger partial charge in [-0.1, -0.05) is 35.9 Å². The summed E-state index contributed by atoms with van der Waals surface area (Å²) < 4.78 is 0. The topological polar surface area (TPSA) is 33.2 Å². The second kappa shape index (κ2) is 6.27. The average Bonchev–Trinajstić information content (AvgIpc) is 2.98. The van der Waals surface area contributed by atoms with Gasteiger partial charge in [-0.3, -0.25) is 9.78 Å². The van der Waals surface area contributed by atoms with E-state index in [1.54, 1.807) is 12.4 Å². The van der Waals surface area contributed by atoms with Gasteiger partial charge in [-0.25, -0.2) is 0 Å². The summed E-state index contributed by atoms with van der Waals surface area (Å²) in [4.78, 5) is 18.3. The molecule has 1 aromatic carbocycles. The van der Waals surface area contributed by atoms with E-state index in [9.17, 15) is 4.79 Å². The Balaban J connectivity index is 1.64. The highest BCUT2D eigenvalue weighted by atomic mass is 35.5. The molecule has 1 atom stereocenters. The Morgan fingerprint density at radius 2 is 2.14 bits per heavy atom. The maximum absolute atomic E-state index is 12.3. The van der Waals surface area contributed by atoms with Crippen molar-refractivity contribution in [2.75, 3.05) is 13.1 Å². The fourth-order valence-corrected chi connectivity index (χ4v) is 3.13. The van der Waals surface area contributed by atoms with E-state index in [-0.39, 0.29) is 5.91 Å². The third kappa shape index (κ3) is 3.24. The van der Waals surface area contributed by atoms with Crippen molar-refractivity contribution in [2.45, 2.75) is 18.8 Å². The van der Waals surface area contributed by atoms with Crippen LogP contribution in [0.1, 0.15) is 23.5 Å². The minimum Gasteiger partial charge on any atom is -0.342 e. The Labute approximate surface area is 129 Å². The van der Waals surface area contributed by atoms with Crippen molar-refractivity contribution >= 4 is 17.5 Å². The molecule has 3 nitrogen and oxygen atoms in total. The number of carbonyl (C=O) groups is 1. The lowest BCUT2D eigenvalue weighted by atomic mass is 9.98. The van der Waals surface area contributed by atoms with Gasteiger partial charge in [0, 0.05) is 36.4 Å². The van der Waals surface area contributed by atoms with Crippen LogP contribution in [0.4, 0.5) is 0 Å². The molecule has 0 aliphatic carbocycles. The summed E-state index contributed by atoms with van der Waals surface area (Å²) >= 11 is 6.25. The molecule has 0 saturated carbocycles. The number of carbonyl (C=O) groups excluding carboxylic acids is 1. The number of hydrogen-bond acceptors (Lipinski definition) is 2. The van der Waals surface area contributed by atoms with E-state index in [4.69, 9.17) is 11.6 Å². The molecule has 1 aliphatic heterocycles. The number of aromatic nitrogens is 1. The van der Waals surface area contributed by atoms with Crippen LogP contribution in [-0.2, 0) is 11.2 Å². The third-order valence-electron chi connectivity index (χ3n) is 3.96. The number of halogens is 1. The van der Waals surface area contributed by atoms with Gasteiger partial charge in [-0.05, 0) is 29.7 Å². The zero-order valence-corrected chi connectivity index (χ0v) is 12.5. The predicted octanol–water partition coefficient (Wildman–Crippen LogP) is 3.29. The number of hydrogen-bond donors (Lipinski definition) is 0. The molecule has 1 saturated heterocycles. The molecule has 0 unspecified atom stereocenters. The first-order chi connectivity index (χ1) is 10.2. The lowest BCUT2D eigenvalue weighted by Gasteiger charge is -2.17. The quantitative estimate of drug-likeness (QED) is 0.871. The van der Waals surface area contributed by atoms with E-state index in [1.807, 2.05) is 35.2 Å². The number of amides is 1. The average molecular weight is 301 g/mol. The molecule has 2 heterocycles. The molecule has 21 heavy (non-hydrogen) atoms. The second-order valence-corrected chi connectivity index (χ2v) is 5.79. The van der Waals surface area contributed by atoms with Crippen molar-refractivity contribution in [1.29, 1.82) is 0 Å². The molecule has 1 amide bonds. The fraction of sp³-hybridized carbons (Fsp3) is 0.294. The van der Waals surface area contributed by atoms with E-state index >= 15 is 0 Å². The Morgan fingerprint density at radius 1 is 1.29 bits per heavy atom. The van der Waals surface area contributed by atoms with Crippen LogP contribution in [0.2, 0.25) is 5.02 Å². The molecular weight excluding hydrogens is 284 g/mol. The molecular formula is C17H17ClN2O. The van der Waals surface area contributed by atoms with Crippen molar-refractivity contribution in [3.05, 3.63) is 64.9 Å². The van der Waals surface area contributed by atoms with Crippen molar-refractivity contribution in [1.82, 2.24) is 9.88 Å². The van der Waals surface area contributed by atoms with Crippen LogP contribution in [0, 0.1) is 0 Å². The standard InChI is InChI=1S/C17H17ClN2O/c18-16-6-2-1-5-15(16)14-7-9-20(12-14)17(21)10-13-4-3-8-19-11-13/h1-6,8,11,14H,7,9-10,12H2/t14-/m0/s1. The summed E-state index contributed by atoms with van der Waals surface area (Å²) in [6.07, 6.45) is 4.86. The lowest BCUT2D eigenvalue weighted by molar-refractivity contribution is -0.129. The Hall–Kier alpha value is -1.87. The van der Waals surface area contributed by atoms with Gasteiger partial charge in [0.2, 0.25) is 5.91 Å². The maximum Gasteiger partial charge on any atom is 0.227 e. The number of nitrogens with zero attached hydrogens (tertiary/aromatic N) is 2. The van der Waals surface area contributed by atoms with Crippen LogP contribution < -0.4 is 0 Å². The summed E-state index contributed by atoms with van der Waals surface area (Å²) in [5.74, 6) is 0.508. The Kier molecular flexibility index (Phi) is 4.20. The van der Waals surface area contributed by atoms with Gasteiger partial charge >= 0.3 is 0 Å². The summed E-state index contributed by atoms with van der Waals surface area (Å²) in [6, 6.07) is 11.7. The Morgan fingerprint density at radius 3 is 2.90 bits per heavy atom. The van der Waals surface area contributed by atoms with Crippen molar-refractivity contribution < 1.29 is 4.79 Å². The molecule has 108 valence electrons. The molecule has 0 radical (unpaired) electrons. The van der Waals surface area contributed by atoms with Gasteiger partial charge < -0.3 is 4.90 Å². The molecule has 2 aromatic rings. The van der Waals surface area contributed by atoms with Crippen LogP contribution in [0.3, 0.4) is 0 Å². The highest BCUT2D eigenvalue weighted by Crippen LogP contribution is 2.32. The van der Waals surface area contributed by atoms with E-state index in [0.29, 0.717) is 12.3 Å². The SMILES string of the molecule is O=C(Cc1cccnc1)N1CC[C@H](c2ccccc2Cl)C1. The number of likely N-dealkylation sites (tertiary alicyclic amines) is 1. The van der Waals surface area contributed by atoms with Gasteiger partial charge in [-0.2, -0.15) is 0 Å². The summed E-state index contributed by atoms with van der Waals surface area (Å²) in [6.45, 7) is 1.55. The maximum atomic E-state index is 12.3. The zero-order valence-electron chi connectivity index (χ0n) is 11.7. The molecule has 0 spiro atoms. The van der Waals surface area contributed by atoms with Crippen LogP contribution in [0.5, 0.6) is 0 Å². The smallest absolute Gasteiger partial charge is 0.227 e. The molecule has 1 aliphatic rings. The first-order valence-electron chi connectivity index (χ1n) is 7.15. The second-order valence-electron chi connectivity index (χ2n) is 5.38. The summed E-state index contributed by atoms with van der Waals surface area (Å²) in [5, 5.41) is 0.795. The first-order valence-corrected chi connectivity index (χ1v) is 7.53. The highest BCUT2D eigenvalue weighted by Gasteiger charge is 2.28. The largest absolute Gasteiger partial charge is 0.342 e. The van der Waals surface area contributed by atoms with Crippen molar-refractivity contribution in [3.63, 3.8) is 0 Å². The highest BCUT2D eigenvalue weighted by molar-refractivity contribution is 6.31. The van der Waals surface area contributed by atoms with Gasteiger partial charge in [0.25, 0.3) is 0 Å². The number of rotatable bonds is 3. The molecule has 3 rings (SSSR count). The number of pyridine rings is 1. The Bertz CT molecular complexity index is 630. The van der Waals surface area contributed by atoms with Crippen LogP contribution >= 0.6 is 11.6 Å². The molecule has 1 aromatic heterocycles. The van der Waals surface area contributed by atoms with E-state index in [1.165, 1.54) is 0 Å². The molecule has 0 N–H and O–H groups in total. The fourth-order valence-electron chi connectivity index (χ4n) is 2.84. The van der Waals surface area contributed by atoms with Crippen molar-refractivity contribution in [3.8, 4) is 0 Å². The van der Waals surface area contributed by atoms with Gasteiger partial charge in [0.15, 0.2) is 0 Å². The zero-order chi connectivity index (χ0) is 14.7. The van der Waals surface area contributed by atoms with Gasteiger partial charge in [-0.15, -0.1) is 0 Å². The molecule has 1 fully saturated rings. The molecule has 4 heteroatoms. The van der Waals surface area contributed by atoms with Gasteiger partial charge in [0.1, 0.15) is 0 Å². The van der Waals surface area contributed by atoms with E-state index in [2.05, 4.69) is 11.1 Å². The monoisotopic (exact) mass is 300 g/mol. The van der Waals surface area contributed by atoms with Crippen LogP contribution in [-0.4, -0.2) is 28.9 Å². The third-order valence-corrected chi connectivity index (χ3v) is 4.31. The predicted molar refractivity (Wildman–Crippen MR) is 83.3 cm³/mol. The van der Waals surface area contributed by atoms with Crippen LogP contribution in [0.15, 0.2) is 48.8 Å². The number of benzene rings is 1. The molecule has 0 bridgehead atoms.